The van der Waals surface area contributed by atoms with Crippen LogP contribution in [0.3, 0.4) is 0 Å². The summed E-state index contributed by atoms with van der Waals surface area (Å²) >= 11 is 0. The third-order valence-corrected chi connectivity index (χ3v) is 3.91. The van der Waals surface area contributed by atoms with Gasteiger partial charge in [0, 0.05) is 6.42 Å². The molecule has 0 saturated carbocycles. The summed E-state index contributed by atoms with van der Waals surface area (Å²) in [5.41, 5.74) is 2.34. The van der Waals surface area contributed by atoms with Crippen LogP contribution in [0.1, 0.15) is 36.9 Å². The van der Waals surface area contributed by atoms with Crippen LogP contribution in [0.4, 0.5) is 0 Å². The largest absolute Gasteiger partial charge is 0.497 e. The van der Waals surface area contributed by atoms with Gasteiger partial charge in [0.15, 0.2) is 0 Å². The molecule has 0 spiro atoms. The summed E-state index contributed by atoms with van der Waals surface area (Å²) in [6.07, 6.45) is 1.13. The zero-order valence-electron chi connectivity index (χ0n) is 14.5. The molecule has 0 aromatic heterocycles. The molecular formula is C20H25NO3. The maximum absolute atomic E-state index is 12.0. The van der Waals surface area contributed by atoms with Gasteiger partial charge in [-0.05, 0) is 55.7 Å². The minimum absolute atomic E-state index is 0.0150. The van der Waals surface area contributed by atoms with Gasteiger partial charge in [-0.15, -0.1) is 0 Å². The molecule has 2 aromatic rings. The number of rotatable bonds is 8. The maximum Gasteiger partial charge on any atom is 0.220 e. The fourth-order valence-corrected chi connectivity index (χ4v) is 2.56. The van der Waals surface area contributed by atoms with Crippen LogP contribution in [0, 0.1) is 6.92 Å². The third kappa shape index (κ3) is 5.30. The molecule has 1 amide bonds. The number of benzene rings is 2. The first kappa shape index (κ1) is 17.9. The SMILES string of the molecule is COc1ccc(OCCCC(=O)NC(C)c2ccccc2C)cc1. The van der Waals surface area contributed by atoms with Crippen molar-refractivity contribution in [2.75, 3.05) is 13.7 Å². The first-order chi connectivity index (χ1) is 11.6. The number of nitrogens with one attached hydrogen (secondary N) is 1. The monoisotopic (exact) mass is 327 g/mol. The van der Waals surface area contributed by atoms with E-state index in [2.05, 4.69) is 18.3 Å². The molecule has 0 radical (unpaired) electrons. The van der Waals surface area contributed by atoms with Crippen LogP contribution in [0.2, 0.25) is 0 Å². The Morgan fingerprint density at radius 1 is 1.08 bits per heavy atom. The smallest absolute Gasteiger partial charge is 0.220 e. The normalized spacial score (nSPS) is 11.6. The summed E-state index contributed by atoms with van der Waals surface area (Å²) in [7, 11) is 1.63. The van der Waals surface area contributed by atoms with Crippen molar-refractivity contribution in [1.82, 2.24) is 5.32 Å². The number of carbonyl (C=O) groups is 1. The molecule has 2 rings (SSSR count). The molecule has 0 heterocycles. The molecule has 0 bridgehead atoms. The Bertz CT molecular complexity index is 652. The van der Waals surface area contributed by atoms with Crippen LogP contribution >= 0.6 is 0 Å². The molecule has 4 heteroatoms. The fourth-order valence-electron chi connectivity index (χ4n) is 2.56. The van der Waals surface area contributed by atoms with Crippen molar-refractivity contribution in [3.63, 3.8) is 0 Å². The lowest BCUT2D eigenvalue weighted by Crippen LogP contribution is -2.27. The van der Waals surface area contributed by atoms with Crippen molar-refractivity contribution in [3.05, 3.63) is 59.7 Å². The lowest BCUT2D eigenvalue weighted by Gasteiger charge is -2.16. The van der Waals surface area contributed by atoms with Gasteiger partial charge in [-0.1, -0.05) is 24.3 Å². The minimum Gasteiger partial charge on any atom is -0.497 e. The van der Waals surface area contributed by atoms with E-state index in [1.165, 1.54) is 5.56 Å². The summed E-state index contributed by atoms with van der Waals surface area (Å²) < 4.78 is 10.7. The van der Waals surface area contributed by atoms with Crippen molar-refractivity contribution < 1.29 is 14.3 Å². The van der Waals surface area contributed by atoms with Gasteiger partial charge >= 0.3 is 0 Å². The highest BCUT2D eigenvalue weighted by Crippen LogP contribution is 2.18. The topological polar surface area (TPSA) is 47.6 Å². The molecule has 128 valence electrons. The zero-order valence-corrected chi connectivity index (χ0v) is 14.5. The van der Waals surface area contributed by atoms with Gasteiger partial charge < -0.3 is 14.8 Å². The van der Waals surface area contributed by atoms with E-state index >= 15 is 0 Å². The highest BCUT2D eigenvalue weighted by molar-refractivity contribution is 5.76. The predicted octanol–water partition coefficient (Wildman–Crippen LogP) is 4.04. The second-order valence-electron chi connectivity index (χ2n) is 5.77. The summed E-state index contributed by atoms with van der Waals surface area (Å²) in [5.74, 6) is 1.63. The Hall–Kier alpha value is -2.49. The first-order valence-electron chi connectivity index (χ1n) is 8.22. The van der Waals surface area contributed by atoms with Crippen LogP contribution in [0.15, 0.2) is 48.5 Å². The molecule has 0 fully saturated rings. The van der Waals surface area contributed by atoms with E-state index in [1.54, 1.807) is 7.11 Å². The van der Waals surface area contributed by atoms with Crippen LogP contribution < -0.4 is 14.8 Å². The number of aryl methyl sites for hydroxylation is 1. The fraction of sp³-hybridized carbons (Fsp3) is 0.350. The average Bonchev–Trinajstić information content (AvgIpc) is 2.59. The van der Waals surface area contributed by atoms with Gasteiger partial charge in [-0.25, -0.2) is 0 Å². The summed E-state index contributed by atoms with van der Waals surface area (Å²) in [4.78, 5) is 12.0. The van der Waals surface area contributed by atoms with E-state index in [-0.39, 0.29) is 11.9 Å². The quantitative estimate of drug-likeness (QED) is 0.744. The molecule has 4 nitrogen and oxygen atoms in total. The molecular weight excluding hydrogens is 302 g/mol. The molecule has 0 aliphatic carbocycles. The van der Waals surface area contributed by atoms with Gasteiger partial charge in [0.05, 0.1) is 19.8 Å². The number of ether oxygens (including phenoxy) is 2. The second kappa shape index (κ2) is 8.96. The Labute approximate surface area is 143 Å². The van der Waals surface area contributed by atoms with Gasteiger partial charge in [0.1, 0.15) is 11.5 Å². The van der Waals surface area contributed by atoms with Crippen LogP contribution in [0.5, 0.6) is 11.5 Å². The summed E-state index contributed by atoms with van der Waals surface area (Å²) in [6.45, 7) is 4.58. The Kier molecular flexibility index (Phi) is 6.67. The number of amides is 1. The van der Waals surface area contributed by atoms with Gasteiger partial charge in [-0.2, -0.15) is 0 Å². The summed E-state index contributed by atoms with van der Waals surface area (Å²) in [6, 6.07) is 15.5. The van der Waals surface area contributed by atoms with Gasteiger partial charge in [0.25, 0.3) is 0 Å². The standard InChI is InChI=1S/C20H25NO3/c1-15-7-4-5-8-19(15)16(2)21-20(22)9-6-14-24-18-12-10-17(23-3)11-13-18/h4-5,7-8,10-13,16H,6,9,14H2,1-3H3,(H,21,22). The Morgan fingerprint density at radius 2 is 1.75 bits per heavy atom. The van der Waals surface area contributed by atoms with Gasteiger partial charge in [-0.3, -0.25) is 4.79 Å². The van der Waals surface area contributed by atoms with Crippen molar-refractivity contribution in [2.24, 2.45) is 0 Å². The Morgan fingerprint density at radius 3 is 2.42 bits per heavy atom. The second-order valence-corrected chi connectivity index (χ2v) is 5.77. The van der Waals surface area contributed by atoms with Crippen LogP contribution in [-0.2, 0) is 4.79 Å². The molecule has 24 heavy (non-hydrogen) atoms. The average molecular weight is 327 g/mol. The molecule has 2 aromatic carbocycles. The van der Waals surface area contributed by atoms with E-state index in [9.17, 15) is 4.79 Å². The van der Waals surface area contributed by atoms with Crippen molar-refractivity contribution in [2.45, 2.75) is 32.7 Å². The van der Waals surface area contributed by atoms with E-state index in [0.29, 0.717) is 19.4 Å². The van der Waals surface area contributed by atoms with Crippen molar-refractivity contribution >= 4 is 5.91 Å². The molecule has 1 atom stereocenters. The zero-order chi connectivity index (χ0) is 17.4. The number of methoxy groups -OCH3 is 1. The molecule has 1 N–H and O–H groups in total. The molecule has 0 saturated heterocycles. The Balaban J connectivity index is 1.70. The number of hydrogen-bond acceptors (Lipinski definition) is 3. The highest BCUT2D eigenvalue weighted by Gasteiger charge is 2.11. The van der Waals surface area contributed by atoms with E-state index in [4.69, 9.17) is 9.47 Å². The van der Waals surface area contributed by atoms with Crippen LogP contribution in [-0.4, -0.2) is 19.6 Å². The minimum atomic E-state index is 0.0150. The third-order valence-electron chi connectivity index (χ3n) is 3.91. The van der Waals surface area contributed by atoms with Gasteiger partial charge in [0.2, 0.25) is 5.91 Å². The van der Waals surface area contributed by atoms with Crippen molar-refractivity contribution in [1.29, 1.82) is 0 Å². The maximum atomic E-state index is 12.0. The number of carbonyl (C=O) groups excluding carboxylic acids is 1. The van der Waals surface area contributed by atoms with E-state index in [1.807, 2.05) is 49.4 Å². The van der Waals surface area contributed by atoms with E-state index < -0.39 is 0 Å². The lowest BCUT2D eigenvalue weighted by molar-refractivity contribution is -0.121. The molecule has 1 unspecified atom stereocenters. The first-order valence-corrected chi connectivity index (χ1v) is 8.22. The highest BCUT2D eigenvalue weighted by atomic mass is 16.5. The molecule has 0 aliphatic rings. The summed E-state index contributed by atoms with van der Waals surface area (Å²) in [5, 5.41) is 3.04. The number of hydrogen-bond donors (Lipinski definition) is 1. The van der Waals surface area contributed by atoms with E-state index in [0.717, 1.165) is 17.1 Å². The lowest BCUT2D eigenvalue weighted by atomic mass is 10.0. The molecule has 0 aliphatic heterocycles. The van der Waals surface area contributed by atoms with Crippen LogP contribution in [0.25, 0.3) is 0 Å². The van der Waals surface area contributed by atoms with Crippen molar-refractivity contribution in [3.8, 4) is 11.5 Å². The predicted molar refractivity (Wildman–Crippen MR) is 95.5 cm³/mol.